The Morgan fingerprint density at radius 2 is 1.84 bits per heavy atom. The number of amides is 1. The number of carbonyl (C=O) groups is 2. The van der Waals surface area contributed by atoms with E-state index in [4.69, 9.17) is 5.73 Å². The van der Waals surface area contributed by atoms with Crippen molar-refractivity contribution in [3.63, 3.8) is 0 Å². The lowest BCUT2D eigenvalue weighted by atomic mass is 10.0. The first-order valence-corrected chi connectivity index (χ1v) is 10.9. The lowest BCUT2D eigenvalue weighted by Crippen LogP contribution is -2.56. The van der Waals surface area contributed by atoms with E-state index >= 15 is 0 Å². The van der Waals surface area contributed by atoms with Crippen molar-refractivity contribution in [1.82, 2.24) is 19.8 Å². The van der Waals surface area contributed by atoms with Gasteiger partial charge in [0.25, 0.3) is 0 Å². The Morgan fingerprint density at radius 1 is 1.16 bits per heavy atom. The molecule has 2 fully saturated rings. The molecule has 2 aliphatic heterocycles. The van der Waals surface area contributed by atoms with Crippen LogP contribution in [0.4, 0.5) is 5.69 Å². The zero-order valence-electron chi connectivity index (χ0n) is 18.6. The third-order valence-electron chi connectivity index (χ3n) is 6.38. The molecular weight excluding hydrogens is 408 g/mol. The largest absolute Gasteiger partial charge is 0.480 e. The fraction of sp³-hybridized carbons (Fsp3) is 0.478. The molecule has 4 rings (SSSR count). The number of piperazine rings is 1. The van der Waals surface area contributed by atoms with Crippen LogP contribution in [0.15, 0.2) is 36.7 Å². The van der Waals surface area contributed by atoms with Gasteiger partial charge in [0.1, 0.15) is 5.54 Å². The van der Waals surface area contributed by atoms with Gasteiger partial charge in [-0.15, -0.1) is 0 Å². The van der Waals surface area contributed by atoms with Crippen LogP contribution in [0.25, 0.3) is 11.4 Å². The summed E-state index contributed by atoms with van der Waals surface area (Å²) in [4.78, 5) is 39.0. The molecule has 0 saturated carbocycles. The number of aromatic nitrogens is 2. The van der Waals surface area contributed by atoms with Crippen LogP contribution in [0.5, 0.6) is 0 Å². The highest BCUT2D eigenvalue weighted by molar-refractivity contribution is 5.81. The van der Waals surface area contributed by atoms with Crippen molar-refractivity contribution in [3.05, 3.63) is 42.2 Å². The summed E-state index contributed by atoms with van der Waals surface area (Å²) < 4.78 is 0. The number of likely N-dealkylation sites (tertiary alicyclic amines) is 1. The van der Waals surface area contributed by atoms with Crippen LogP contribution in [0, 0.1) is 6.92 Å². The average Bonchev–Trinajstić information content (AvgIpc) is 3.16. The van der Waals surface area contributed by atoms with E-state index < -0.39 is 11.5 Å². The van der Waals surface area contributed by atoms with E-state index in [0.717, 1.165) is 29.9 Å². The van der Waals surface area contributed by atoms with E-state index in [2.05, 4.69) is 27.0 Å². The Hall–Kier alpha value is -3.04. The summed E-state index contributed by atoms with van der Waals surface area (Å²) in [7, 11) is 0. The summed E-state index contributed by atoms with van der Waals surface area (Å²) in [5, 5.41) is 9.29. The third-order valence-corrected chi connectivity index (χ3v) is 6.38. The molecule has 1 aromatic carbocycles. The summed E-state index contributed by atoms with van der Waals surface area (Å²) in [6.45, 7) is 7.07. The van der Waals surface area contributed by atoms with E-state index in [0.29, 0.717) is 25.3 Å². The van der Waals surface area contributed by atoms with Gasteiger partial charge in [-0.1, -0.05) is 0 Å². The topological polar surface area (TPSA) is 116 Å². The second-order valence-electron chi connectivity index (χ2n) is 8.94. The van der Waals surface area contributed by atoms with Gasteiger partial charge in [-0.05, 0) is 50.1 Å². The summed E-state index contributed by atoms with van der Waals surface area (Å²) in [5.74, 6) is -0.273. The van der Waals surface area contributed by atoms with Crippen LogP contribution in [0.3, 0.4) is 0 Å². The van der Waals surface area contributed by atoms with E-state index in [1.807, 2.05) is 48.2 Å². The van der Waals surface area contributed by atoms with Gasteiger partial charge in [0.15, 0.2) is 5.82 Å². The summed E-state index contributed by atoms with van der Waals surface area (Å²) in [6, 6.07) is 8.24. The number of carboxylic acid groups (broad SMARTS) is 1. The number of nitrogens with two attached hydrogens (primary N) is 1. The number of benzene rings is 1. The molecule has 2 atom stereocenters. The lowest BCUT2D eigenvalue weighted by Gasteiger charge is -2.41. The first-order chi connectivity index (χ1) is 15.2. The Balaban J connectivity index is 1.33. The molecule has 1 amide bonds. The highest BCUT2D eigenvalue weighted by Gasteiger charge is 2.42. The van der Waals surface area contributed by atoms with Crippen molar-refractivity contribution < 1.29 is 14.7 Å². The number of hydrogen-bond acceptors (Lipinski definition) is 7. The molecule has 9 heteroatoms. The van der Waals surface area contributed by atoms with Crippen molar-refractivity contribution in [2.24, 2.45) is 5.73 Å². The molecule has 3 heterocycles. The summed E-state index contributed by atoms with van der Waals surface area (Å²) in [5.41, 5.74) is 7.79. The quantitative estimate of drug-likeness (QED) is 0.710. The standard InChI is InChI=1S/C23H30N6O3/c1-16-11-25-21(26-12-16)18-3-5-19(6-4-18)28-9-10-29(17(2)13-28)20(30)14-27-8-7-23(24,15-27)22(31)32/h3-6,11-12,17H,7-10,13-15,24H2,1-2H3,(H,31,32). The van der Waals surface area contributed by atoms with Gasteiger partial charge < -0.3 is 20.6 Å². The lowest BCUT2D eigenvalue weighted by molar-refractivity contribution is -0.143. The molecule has 170 valence electrons. The average molecular weight is 439 g/mol. The number of rotatable bonds is 5. The van der Waals surface area contributed by atoms with Crippen LogP contribution in [0.2, 0.25) is 0 Å². The highest BCUT2D eigenvalue weighted by Crippen LogP contribution is 2.24. The van der Waals surface area contributed by atoms with Crippen LogP contribution < -0.4 is 10.6 Å². The first-order valence-electron chi connectivity index (χ1n) is 10.9. The van der Waals surface area contributed by atoms with E-state index in [1.54, 1.807) is 0 Å². The van der Waals surface area contributed by atoms with Crippen molar-refractivity contribution in [2.75, 3.05) is 44.2 Å². The maximum Gasteiger partial charge on any atom is 0.325 e. The van der Waals surface area contributed by atoms with Gasteiger partial charge in [-0.25, -0.2) is 9.97 Å². The molecule has 2 aliphatic rings. The minimum atomic E-state index is -1.25. The number of hydrogen-bond donors (Lipinski definition) is 2. The molecule has 0 bridgehead atoms. The number of aliphatic carboxylic acids is 1. The summed E-state index contributed by atoms with van der Waals surface area (Å²) in [6.07, 6.45) is 3.99. The predicted octanol–water partition coefficient (Wildman–Crippen LogP) is 0.977. The molecule has 9 nitrogen and oxygen atoms in total. The van der Waals surface area contributed by atoms with E-state index in [9.17, 15) is 14.7 Å². The molecule has 3 N–H and O–H groups in total. The highest BCUT2D eigenvalue weighted by atomic mass is 16.4. The van der Waals surface area contributed by atoms with Crippen molar-refractivity contribution >= 4 is 17.6 Å². The minimum absolute atomic E-state index is 0.0265. The fourth-order valence-corrected chi connectivity index (χ4v) is 4.43. The van der Waals surface area contributed by atoms with Crippen molar-refractivity contribution in [1.29, 1.82) is 0 Å². The van der Waals surface area contributed by atoms with Gasteiger partial charge in [0, 0.05) is 62.4 Å². The fourth-order valence-electron chi connectivity index (χ4n) is 4.43. The molecule has 32 heavy (non-hydrogen) atoms. The zero-order valence-corrected chi connectivity index (χ0v) is 18.6. The monoisotopic (exact) mass is 438 g/mol. The molecule has 1 aromatic heterocycles. The van der Waals surface area contributed by atoms with E-state index in [1.165, 1.54) is 0 Å². The Morgan fingerprint density at radius 3 is 2.44 bits per heavy atom. The maximum atomic E-state index is 12.9. The number of nitrogens with zero attached hydrogens (tertiary/aromatic N) is 5. The number of anilines is 1. The number of carboxylic acids is 1. The number of aryl methyl sites for hydroxylation is 1. The second-order valence-corrected chi connectivity index (χ2v) is 8.94. The van der Waals surface area contributed by atoms with Gasteiger partial charge in [0.05, 0.1) is 6.54 Å². The SMILES string of the molecule is Cc1cnc(-c2ccc(N3CCN(C(=O)CN4CCC(N)(C(=O)O)C4)C(C)C3)cc2)nc1. The first kappa shape index (κ1) is 22.2. The van der Waals surface area contributed by atoms with Gasteiger partial charge in [-0.2, -0.15) is 0 Å². The Kier molecular flexibility index (Phi) is 6.12. The second kappa shape index (κ2) is 8.84. The van der Waals surface area contributed by atoms with Gasteiger partial charge in [-0.3, -0.25) is 14.5 Å². The molecule has 2 aromatic rings. The molecule has 2 saturated heterocycles. The molecule has 2 unspecified atom stereocenters. The Labute approximate surface area is 187 Å². The predicted molar refractivity (Wildman–Crippen MR) is 121 cm³/mol. The van der Waals surface area contributed by atoms with Crippen molar-refractivity contribution in [3.8, 4) is 11.4 Å². The minimum Gasteiger partial charge on any atom is -0.480 e. The van der Waals surface area contributed by atoms with Gasteiger partial charge >= 0.3 is 5.97 Å². The van der Waals surface area contributed by atoms with Crippen LogP contribution in [-0.4, -0.2) is 87.6 Å². The third kappa shape index (κ3) is 4.58. The van der Waals surface area contributed by atoms with E-state index in [-0.39, 0.29) is 25.0 Å². The normalized spacial score (nSPS) is 24.0. The van der Waals surface area contributed by atoms with Crippen LogP contribution in [0.1, 0.15) is 18.9 Å². The zero-order chi connectivity index (χ0) is 22.9. The number of carbonyl (C=O) groups excluding carboxylic acids is 1. The van der Waals surface area contributed by atoms with Crippen LogP contribution in [-0.2, 0) is 9.59 Å². The maximum absolute atomic E-state index is 12.9. The van der Waals surface area contributed by atoms with Gasteiger partial charge in [0.2, 0.25) is 5.91 Å². The molecule has 0 spiro atoms. The molecular formula is C23H30N6O3. The Bertz CT molecular complexity index is 980. The molecule has 0 aliphatic carbocycles. The van der Waals surface area contributed by atoms with Crippen molar-refractivity contribution in [2.45, 2.75) is 31.8 Å². The van der Waals surface area contributed by atoms with Crippen LogP contribution >= 0.6 is 0 Å². The molecule has 0 radical (unpaired) electrons. The smallest absolute Gasteiger partial charge is 0.325 e. The summed E-state index contributed by atoms with van der Waals surface area (Å²) >= 11 is 0.